The molecule has 8 nitrogen and oxygen atoms in total. The van der Waals surface area contributed by atoms with E-state index >= 15 is 0 Å². The van der Waals surface area contributed by atoms with Crippen LogP contribution in [-0.4, -0.2) is 21.9 Å². The van der Waals surface area contributed by atoms with Crippen molar-refractivity contribution in [3.05, 3.63) is 79.9 Å². The van der Waals surface area contributed by atoms with Crippen molar-refractivity contribution < 1.29 is 9.85 Å². The molecule has 1 fully saturated rings. The Labute approximate surface area is 175 Å². The first-order valence-corrected chi connectivity index (χ1v) is 9.47. The summed E-state index contributed by atoms with van der Waals surface area (Å²) in [5.74, 6) is 0. The van der Waals surface area contributed by atoms with Crippen LogP contribution in [-0.2, 0) is 13.1 Å². The number of hydrogen-bond acceptors (Lipinski definition) is 6. The molecule has 29 heavy (non-hydrogen) atoms. The van der Waals surface area contributed by atoms with Crippen LogP contribution >= 0.6 is 12.4 Å². The summed E-state index contributed by atoms with van der Waals surface area (Å²) in [6.45, 7) is 0.844. The number of nitrogens with zero attached hydrogens (tertiary/aromatic N) is 2. The summed E-state index contributed by atoms with van der Waals surface area (Å²) in [7, 11) is 0. The molecule has 0 bridgehead atoms. The molecule has 0 amide bonds. The number of hydrogen-bond donors (Lipinski definition) is 2. The van der Waals surface area contributed by atoms with Crippen LogP contribution in [0.5, 0.6) is 0 Å². The van der Waals surface area contributed by atoms with Crippen LogP contribution in [0.4, 0.5) is 11.4 Å². The van der Waals surface area contributed by atoms with E-state index in [2.05, 4.69) is 10.6 Å². The third-order valence-electron chi connectivity index (χ3n) is 5.25. The molecule has 0 radical (unpaired) electrons. The molecule has 2 N–H and O–H groups in total. The van der Waals surface area contributed by atoms with Crippen LogP contribution in [0.15, 0.2) is 48.5 Å². The first kappa shape index (κ1) is 22.7. The molecule has 0 spiro atoms. The lowest BCUT2D eigenvalue weighted by Gasteiger charge is -2.33. The lowest BCUT2D eigenvalue weighted by Crippen LogP contribution is -2.49. The second-order valence-corrected chi connectivity index (χ2v) is 7.03. The van der Waals surface area contributed by atoms with E-state index in [0.717, 1.165) is 25.7 Å². The number of nitro groups is 2. The van der Waals surface area contributed by atoms with Gasteiger partial charge >= 0.3 is 0 Å². The van der Waals surface area contributed by atoms with Crippen molar-refractivity contribution in [2.75, 3.05) is 0 Å². The summed E-state index contributed by atoms with van der Waals surface area (Å²) >= 11 is 0. The second kappa shape index (κ2) is 10.8. The number of halogens is 1. The van der Waals surface area contributed by atoms with Gasteiger partial charge in [-0.15, -0.1) is 12.4 Å². The third kappa shape index (κ3) is 5.96. The van der Waals surface area contributed by atoms with Crippen LogP contribution in [0.1, 0.15) is 36.8 Å². The number of rotatable bonds is 8. The summed E-state index contributed by atoms with van der Waals surface area (Å²) in [4.78, 5) is 21.7. The molecule has 2 unspecified atom stereocenters. The highest BCUT2D eigenvalue weighted by molar-refractivity contribution is 5.85. The summed E-state index contributed by atoms with van der Waals surface area (Å²) in [5, 5.41) is 29.3. The fraction of sp³-hybridized carbons (Fsp3) is 0.400. The standard InChI is InChI=1S/C20H24N4O4.ClH/c25-23(26)19-11-5-1-7-15(19)13-21-17-9-3-4-10-18(17)22-14-16-8-2-6-12-20(16)24(27)28;/h1-2,5-8,11-12,17-18,21-22H,3-4,9-10,13-14H2;1H. The van der Waals surface area contributed by atoms with Crippen molar-refractivity contribution in [1.82, 2.24) is 10.6 Å². The maximum atomic E-state index is 11.2. The van der Waals surface area contributed by atoms with E-state index in [0.29, 0.717) is 24.2 Å². The van der Waals surface area contributed by atoms with Gasteiger partial charge in [0.05, 0.1) is 9.85 Å². The topological polar surface area (TPSA) is 110 Å². The van der Waals surface area contributed by atoms with Crippen molar-refractivity contribution in [3.63, 3.8) is 0 Å². The maximum Gasteiger partial charge on any atom is 0.273 e. The first-order valence-electron chi connectivity index (χ1n) is 9.47. The van der Waals surface area contributed by atoms with Crippen molar-refractivity contribution in [1.29, 1.82) is 0 Å². The number of para-hydroxylation sites is 2. The van der Waals surface area contributed by atoms with E-state index in [1.165, 1.54) is 12.1 Å². The minimum atomic E-state index is -0.359. The van der Waals surface area contributed by atoms with Crippen molar-refractivity contribution in [2.45, 2.75) is 50.9 Å². The van der Waals surface area contributed by atoms with Gasteiger partial charge in [0.1, 0.15) is 0 Å². The molecule has 0 aromatic heterocycles. The third-order valence-corrected chi connectivity index (χ3v) is 5.25. The molecular weight excluding hydrogens is 396 g/mol. The normalized spacial score (nSPS) is 18.6. The van der Waals surface area contributed by atoms with Gasteiger partial charge in [0.2, 0.25) is 0 Å². The summed E-state index contributed by atoms with van der Waals surface area (Å²) < 4.78 is 0. The van der Waals surface area contributed by atoms with Gasteiger partial charge in [0.25, 0.3) is 11.4 Å². The highest BCUT2D eigenvalue weighted by Gasteiger charge is 2.26. The Morgan fingerprint density at radius 1 is 0.759 bits per heavy atom. The predicted molar refractivity (Wildman–Crippen MR) is 113 cm³/mol. The average Bonchev–Trinajstić information content (AvgIpc) is 2.71. The minimum absolute atomic E-state index is 0. The van der Waals surface area contributed by atoms with Crippen LogP contribution in [0.25, 0.3) is 0 Å². The highest BCUT2D eigenvalue weighted by Crippen LogP contribution is 2.23. The lowest BCUT2D eigenvalue weighted by molar-refractivity contribution is -0.385. The monoisotopic (exact) mass is 420 g/mol. The molecule has 2 aromatic rings. The van der Waals surface area contributed by atoms with Crippen LogP contribution in [0.2, 0.25) is 0 Å². The van der Waals surface area contributed by atoms with Crippen molar-refractivity contribution in [2.24, 2.45) is 0 Å². The average molecular weight is 421 g/mol. The largest absolute Gasteiger partial charge is 0.308 e. The van der Waals surface area contributed by atoms with Gasteiger partial charge in [-0.2, -0.15) is 0 Å². The van der Waals surface area contributed by atoms with Crippen LogP contribution in [0.3, 0.4) is 0 Å². The fourth-order valence-electron chi connectivity index (χ4n) is 3.78. The van der Waals surface area contributed by atoms with Crippen molar-refractivity contribution in [3.8, 4) is 0 Å². The lowest BCUT2D eigenvalue weighted by atomic mass is 9.90. The summed E-state index contributed by atoms with van der Waals surface area (Å²) in [6.07, 6.45) is 4.13. The Hall–Kier alpha value is -2.55. The Kier molecular flexibility index (Phi) is 8.50. The molecule has 1 aliphatic carbocycles. The van der Waals surface area contributed by atoms with Gasteiger partial charge in [0.15, 0.2) is 0 Å². The van der Waals surface area contributed by atoms with E-state index in [1.807, 2.05) is 0 Å². The van der Waals surface area contributed by atoms with Gasteiger partial charge < -0.3 is 10.6 Å². The van der Waals surface area contributed by atoms with Gasteiger partial charge in [0, 0.05) is 48.4 Å². The smallest absolute Gasteiger partial charge is 0.273 e. The zero-order chi connectivity index (χ0) is 19.9. The molecule has 0 saturated heterocycles. The quantitative estimate of drug-likeness (QED) is 0.491. The highest BCUT2D eigenvalue weighted by atomic mass is 35.5. The maximum absolute atomic E-state index is 11.2. The minimum Gasteiger partial charge on any atom is -0.308 e. The first-order chi connectivity index (χ1) is 13.6. The molecule has 1 saturated carbocycles. The van der Waals surface area contributed by atoms with Gasteiger partial charge in [-0.05, 0) is 12.8 Å². The van der Waals surface area contributed by atoms with E-state index in [9.17, 15) is 20.2 Å². The molecule has 156 valence electrons. The van der Waals surface area contributed by atoms with E-state index < -0.39 is 0 Å². The Morgan fingerprint density at radius 3 is 1.52 bits per heavy atom. The van der Waals surface area contributed by atoms with Gasteiger partial charge in [-0.25, -0.2) is 0 Å². The van der Waals surface area contributed by atoms with E-state index in [4.69, 9.17) is 0 Å². The molecule has 0 heterocycles. The molecular formula is C20H25ClN4O4. The Balaban J connectivity index is 0.00000300. The summed E-state index contributed by atoms with van der Waals surface area (Å²) in [5.41, 5.74) is 1.57. The van der Waals surface area contributed by atoms with Crippen molar-refractivity contribution >= 4 is 23.8 Å². The Bertz CT molecular complexity index is 779. The molecule has 2 aromatic carbocycles. The Morgan fingerprint density at radius 2 is 1.14 bits per heavy atom. The van der Waals surface area contributed by atoms with E-state index in [-0.39, 0.29) is 45.7 Å². The SMILES string of the molecule is Cl.O=[N+]([O-])c1ccccc1CNC1CCCCC1NCc1ccccc1[N+](=O)[O-]. The van der Waals surface area contributed by atoms with Gasteiger partial charge in [-0.1, -0.05) is 49.2 Å². The molecule has 3 rings (SSSR count). The predicted octanol–water partition coefficient (Wildman–Crippen LogP) is 4.12. The zero-order valence-corrected chi connectivity index (χ0v) is 16.8. The fourth-order valence-corrected chi connectivity index (χ4v) is 3.78. The zero-order valence-electron chi connectivity index (χ0n) is 16.0. The van der Waals surface area contributed by atoms with Gasteiger partial charge in [-0.3, -0.25) is 20.2 Å². The van der Waals surface area contributed by atoms with E-state index in [1.54, 1.807) is 36.4 Å². The summed E-state index contributed by atoms with van der Waals surface area (Å²) in [6, 6.07) is 13.8. The van der Waals surface area contributed by atoms with Crippen LogP contribution < -0.4 is 10.6 Å². The second-order valence-electron chi connectivity index (χ2n) is 7.03. The number of nitrogens with one attached hydrogen (secondary N) is 2. The molecule has 2 atom stereocenters. The number of nitro benzene ring substituents is 2. The number of benzene rings is 2. The molecule has 1 aliphatic rings. The molecule has 9 heteroatoms. The molecule has 0 aliphatic heterocycles. The van der Waals surface area contributed by atoms with Crippen LogP contribution in [0, 0.1) is 20.2 Å².